The van der Waals surface area contributed by atoms with Gasteiger partial charge in [0, 0.05) is 0 Å². The Morgan fingerprint density at radius 2 is 1.47 bits per heavy atom. The van der Waals surface area contributed by atoms with E-state index >= 15 is 0 Å². The average Bonchev–Trinajstić information content (AvgIpc) is 2.48. The summed E-state index contributed by atoms with van der Waals surface area (Å²) in [6, 6.07) is 17.6. The van der Waals surface area contributed by atoms with Crippen LogP contribution in [0.25, 0.3) is 17.2 Å². The van der Waals surface area contributed by atoms with E-state index in [2.05, 4.69) is 81.8 Å². The van der Waals surface area contributed by atoms with E-state index in [1.54, 1.807) is 0 Å². The van der Waals surface area contributed by atoms with Gasteiger partial charge in [0.05, 0.1) is 0 Å². The van der Waals surface area contributed by atoms with Crippen LogP contribution in [0.2, 0.25) is 0 Å². The predicted octanol–water partition coefficient (Wildman–Crippen LogP) is 5.54. The first kappa shape index (κ1) is 13.5. The minimum absolute atomic E-state index is 1.09. The molecule has 0 aliphatic carbocycles. The average molecular weight is 249 g/mol. The van der Waals surface area contributed by atoms with Crippen LogP contribution in [0.1, 0.15) is 31.9 Å². The molecule has 0 amide bonds. The molecule has 2 aromatic rings. The molecule has 0 fully saturated rings. The van der Waals surface area contributed by atoms with Gasteiger partial charge in [0.25, 0.3) is 0 Å². The van der Waals surface area contributed by atoms with Crippen LogP contribution in [0.15, 0.2) is 54.1 Å². The molecule has 0 heteroatoms. The maximum Gasteiger partial charge on any atom is -0.0184 e. The van der Waals surface area contributed by atoms with Crippen molar-refractivity contribution in [1.82, 2.24) is 0 Å². The van der Waals surface area contributed by atoms with Gasteiger partial charge < -0.3 is 0 Å². The highest BCUT2D eigenvalue weighted by atomic mass is 14.0. The van der Waals surface area contributed by atoms with Gasteiger partial charge in [-0.3, -0.25) is 0 Å². The number of hydrogen-bond acceptors (Lipinski definition) is 0. The van der Waals surface area contributed by atoms with E-state index in [0.717, 1.165) is 6.42 Å². The SMILES string of the molecule is C[CH-]C(C)=Cc1ccc(-c2ccc(CC)cc2)cc1. The van der Waals surface area contributed by atoms with E-state index in [9.17, 15) is 0 Å². The van der Waals surface area contributed by atoms with Crippen molar-refractivity contribution < 1.29 is 0 Å². The second-order valence-electron chi connectivity index (χ2n) is 4.85. The fourth-order valence-corrected chi connectivity index (χ4v) is 2.05. The quantitative estimate of drug-likeness (QED) is 0.624. The van der Waals surface area contributed by atoms with Gasteiger partial charge in [-0.1, -0.05) is 62.4 Å². The zero-order valence-corrected chi connectivity index (χ0v) is 12.0. The third-order valence-corrected chi connectivity index (χ3v) is 3.46. The Kier molecular flexibility index (Phi) is 4.46. The molecule has 98 valence electrons. The summed E-state index contributed by atoms with van der Waals surface area (Å²) in [6.45, 7) is 6.37. The number of benzene rings is 2. The highest BCUT2D eigenvalue weighted by molar-refractivity contribution is 5.66. The third kappa shape index (κ3) is 3.51. The highest BCUT2D eigenvalue weighted by Gasteiger charge is 1.96. The zero-order chi connectivity index (χ0) is 13.7. The molecule has 0 spiro atoms. The minimum atomic E-state index is 1.09. The standard InChI is InChI=1S/C19H21/c1-4-15(3)14-17-8-12-19(13-9-17)18-10-6-16(5-2)7-11-18/h4,6-14H,5H2,1-3H3/q-1. The van der Waals surface area contributed by atoms with Crippen molar-refractivity contribution in [3.8, 4) is 11.1 Å². The van der Waals surface area contributed by atoms with Crippen LogP contribution in [-0.2, 0) is 6.42 Å². The normalized spacial score (nSPS) is 11.4. The van der Waals surface area contributed by atoms with Gasteiger partial charge in [-0.15, -0.1) is 12.5 Å². The van der Waals surface area contributed by atoms with Crippen LogP contribution in [0.3, 0.4) is 0 Å². The maximum atomic E-state index is 2.21. The number of allylic oxidation sites excluding steroid dienone is 1. The van der Waals surface area contributed by atoms with Crippen molar-refractivity contribution in [1.29, 1.82) is 0 Å². The summed E-state index contributed by atoms with van der Waals surface area (Å²) >= 11 is 0. The first-order valence-corrected chi connectivity index (χ1v) is 6.90. The minimum Gasteiger partial charge on any atom is -0.230 e. The van der Waals surface area contributed by atoms with E-state index in [0.29, 0.717) is 0 Å². The first-order chi connectivity index (χ1) is 9.22. The lowest BCUT2D eigenvalue weighted by Crippen LogP contribution is -1.82. The Bertz CT molecular complexity index is 542. The van der Waals surface area contributed by atoms with Crippen LogP contribution in [0.5, 0.6) is 0 Å². The summed E-state index contributed by atoms with van der Waals surface area (Å²) in [5.74, 6) is 0. The monoisotopic (exact) mass is 249 g/mol. The highest BCUT2D eigenvalue weighted by Crippen LogP contribution is 2.21. The molecule has 0 bridgehead atoms. The van der Waals surface area contributed by atoms with Crippen LogP contribution in [0, 0.1) is 6.42 Å². The summed E-state index contributed by atoms with van der Waals surface area (Å²) in [5.41, 5.74) is 6.49. The zero-order valence-electron chi connectivity index (χ0n) is 12.0. The van der Waals surface area contributed by atoms with E-state index in [1.165, 1.54) is 27.8 Å². The topological polar surface area (TPSA) is 0 Å². The summed E-state index contributed by atoms with van der Waals surface area (Å²) in [6.07, 6.45) is 5.41. The van der Waals surface area contributed by atoms with E-state index < -0.39 is 0 Å². The summed E-state index contributed by atoms with van der Waals surface area (Å²) in [4.78, 5) is 0. The molecule has 0 N–H and O–H groups in total. The van der Waals surface area contributed by atoms with Crippen molar-refractivity contribution in [3.05, 3.63) is 71.7 Å². The van der Waals surface area contributed by atoms with Gasteiger partial charge in [0.2, 0.25) is 0 Å². The second-order valence-corrected chi connectivity index (χ2v) is 4.85. The molecule has 0 radical (unpaired) electrons. The molecule has 0 saturated carbocycles. The molecule has 0 unspecified atom stereocenters. The van der Waals surface area contributed by atoms with Gasteiger partial charge in [-0.25, -0.2) is 12.0 Å². The summed E-state index contributed by atoms with van der Waals surface area (Å²) in [5, 5.41) is 0. The Morgan fingerprint density at radius 3 is 1.95 bits per heavy atom. The first-order valence-electron chi connectivity index (χ1n) is 6.90. The summed E-state index contributed by atoms with van der Waals surface area (Å²) in [7, 11) is 0. The largest absolute Gasteiger partial charge is 0.230 e. The second kappa shape index (κ2) is 6.29. The lowest BCUT2D eigenvalue weighted by atomic mass is 10.0. The van der Waals surface area contributed by atoms with E-state index in [-0.39, 0.29) is 0 Å². The van der Waals surface area contributed by atoms with Crippen molar-refractivity contribution in [2.24, 2.45) is 0 Å². The van der Waals surface area contributed by atoms with Crippen molar-refractivity contribution in [2.45, 2.75) is 27.2 Å². The van der Waals surface area contributed by atoms with Gasteiger partial charge in [0.15, 0.2) is 0 Å². The molecule has 0 heterocycles. The molecule has 2 rings (SSSR count). The number of hydrogen-bond donors (Lipinski definition) is 0. The van der Waals surface area contributed by atoms with Crippen molar-refractivity contribution >= 4 is 6.08 Å². The lowest BCUT2D eigenvalue weighted by Gasteiger charge is -2.08. The smallest absolute Gasteiger partial charge is 0.0184 e. The Morgan fingerprint density at radius 1 is 0.947 bits per heavy atom. The number of aryl methyl sites for hydroxylation is 1. The molecular weight excluding hydrogens is 228 g/mol. The van der Waals surface area contributed by atoms with Crippen LogP contribution < -0.4 is 0 Å². The lowest BCUT2D eigenvalue weighted by molar-refractivity contribution is 1.14. The van der Waals surface area contributed by atoms with Gasteiger partial charge >= 0.3 is 0 Å². The molecule has 2 aromatic carbocycles. The Balaban J connectivity index is 2.22. The Labute approximate surface area is 116 Å². The fourth-order valence-electron chi connectivity index (χ4n) is 2.05. The maximum absolute atomic E-state index is 2.21. The molecular formula is C19H21-. The predicted molar refractivity (Wildman–Crippen MR) is 84.9 cm³/mol. The van der Waals surface area contributed by atoms with Crippen molar-refractivity contribution in [3.63, 3.8) is 0 Å². The molecule has 19 heavy (non-hydrogen) atoms. The molecule has 0 aliphatic rings. The Hall–Kier alpha value is -1.95. The van der Waals surface area contributed by atoms with Gasteiger partial charge in [-0.2, -0.15) is 6.08 Å². The van der Waals surface area contributed by atoms with Gasteiger partial charge in [0.1, 0.15) is 0 Å². The van der Waals surface area contributed by atoms with E-state index in [1.807, 2.05) is 0 Å². The van der Waals surface area contributed by atoms with Gasteiger partial charge in [-0.05, 0) is 23.1 Å². The van der Waals surface area contributed by atoms with Crippen molar-refractivity contribution in [2.75, 3.05) is 0 Å². The molecule has 0 aliphatic heterocycles. The van der Waals surface area contributed by atoms with Crippen LogP contribution in [-0.4, -0.2) is 0 Å². The van der Waals surface area contributed by atoms with Crippen LogP contribution >= 0.6 is 0 Å². The fraction of sp³-hybridized carbons (Fsp3) is 0.211. The molecule has 0 nitrogen and oxygen atoms in total. The summed E-state index contributed by atoms with van der Waals surface area (Å²) < 4.78 is 0. The molecule has 0 atom stereocenters. The molecule has 0 saturated heterocycles. The molecule has 0 aromatic heterocycles. The van der Waals surface area contributed by atoms with E-state index in [4.69, 9.17) is 0 Å². The van der Waals surface area contributed by atoms with Crippen LogP contribution in [0.4, 0.5) is 0 Å². The third-order valence-electron chi connectivity index (χ3n) is 3.46. The number of rotatable bonds is 4.